The van der Waals surface area contributed by atoms with E-state index in [-0.39, 0.29) is 23.9 Å². The molecule has 0 aliphatic carbocycles. The molecule has 1 aliphatic rings. The lowest BCUT2D eigenvalue weighted by Gasteiger charge is -2.25. The zero-order valence-corrected chi connectivity index (χ0v) is 11.5. The van der Waals surface area contributed by atoms with Gasteiger partial charge < -0.3 is 9.74 Å². The predicted octanol–water partition coefficient (Wildman–Crippen LogP) is 1.48. The lowest BCUT2D eigenvalue weighted by atomic mass is 10.0. The molecule has 0 N–H and O–H groups in total. The van der Waals surface area contributed by atoms with Gasteiger partial charge in [0, 0.05) is 25.7 Å². The van der Waals surface area contributed by atoms with Gasteiger partial charge in [-0.3, -0.25) is 9.69 Å². The first-order chi connectivity index (χ1) is 7.88. The fourth-order valence-electron chi connectivity index (χ4n) is 2.13. The summed E-state index contributed by atoms with van der Waals surface area (Å²) in [4.78, 5) is 19.9. The zero-order valence-electron chi connectivity index (χ0n) is 11.5. The third-order valence-corrected chi connectivity index (χ3v) is 3.65. The van der Waals surface area contributed by atoms with E-state index in [1.165, 1.54) is 0 Å². The van der Waals surface area contributed by atoms with E-state index < -0.39 is 0 Å². The maximum Gasteiger partial charge on any atom is 0.248 e. The van der Waals surface area contributed by atoms with Crippen LogP contribution in [0.15, 0.2) is 0 Å². The van der Waals surface area contributed by atoms with Gasteiger partial charge in [0.05, 0.1) is 6.54 Å². The standard InChI is InChI=1S/C13H23N3O/c1-9(2)15(6)13(17)11-7-16(10(3)4)8-12(11)14-5/h9-12H,7-8H2,1-4,6H3. The third kappa shape index (κ3) is 2.98. The smallest absolute Gasteiger partial charge is 0.248 e. The van der Waals surface area contributed by atoms with E-state index in [1.54, 1.807) is 4.90 Å². The topological polar surface area (TPSA) is 27.9 Å². The Labute approximate surface area is 104 Å². The number of carbonyl (C=O) groups is 1. The number of amides is 1. The van der Waals surface area contributed by atoms with E-state index in [4.69, 9.17) is 6.57 Å². The first-order valence-corrected chi connectivity index (χ1v) is 6.25. The van der Waals surface area contributed by atoms with Crippen molar-refractivity contribution < 1.29 is 4.79 Å². The Morgan fingerprint density at radius 2 is 1.94 bits per heavy atom. The van der Waals surface area contributed by atoms with Gasteiger partial charge in [-0.25, -0.2) is 6.57 Å². The molecule has 1 amide bonds. The van der Waals surface area contributed by atoms with Crippen molar-refractivity contribution in [2.75, 3.05) is 20.1 Å². The van der Waals surface area contributed by atoms with E-state index in [2.05, 4.69) is 23.6 Å². The summed E-state index contributed by atoms with van der Waals surface area (Å²) in [6, 6.07) is 0.425. The molecule has 0 radical (unpaired) electrons. The third-order valence-electron chi connectivity index (χ3n) is 3.65. The van der Waals surface area contributed by atoms with Gasteiger partial charge in [-0.05, 0) is 27.7 Å². The lowest BCUT2D eigenvalue weighted by molar-refractivity contribution is -0.135. The summed E-state index contributed by atoms with van der Waals surface area (Å²) in [5.41, 5.74) is 0. The number of carbonyl (C=O) groups excluding carboxylic acids is 1. The molecule has 1 heterocycles. The van der Waals surface area contributed by atoms with E-state index in [1.807, 2.05) is 20.9 Å². The number of hydrogen-bond acceptors (Lipinski definition) is 2. The second-order valence-electron chi connectivity index (χ2n) is 5.39. The minimum atomic E-state index is -0.175. The van der Waals surface area contributed by atoms with Crippen LogP contribution in [0.3, 0.4) is 0 Å². The van der Waals surface area contributed by atoms with E-state index >= 15 is 0 Å². The van der Waals surface area contributed by atoms with Crippen molar-refractivity contribution in [1.29, 1.82) is 0 Å². The highest BCUT2D eigenvalue weighted by Crippen LogP contribution is 2.24. The number of rotatable bonds is 3. The molecule has 17 heavy (non-hydrogen) atoms. The van der Waals surface area contributed by atoms with Crippen molar-refractivity contribution in [3.63, 3.8) is 0 Å². The van der Waals surface area contributed by atoms with E-state index in [0.29, 0.717) is 6.04 Å². The van der Waals surface area contributed by atoms with Crippen LogP contribution in [0.2, 0.25) is 0 Å². The Morgan fingerprint density at radius 3 is 2.35 bits per heavy atom. The lowest BCUT2D eigenvalue weighted by Crippen LogP contribution is -2.41. The van der Waals surface area contributed by atoms with E-state index in [0.717, 1.165) is 13.1 Å². The van der Waals surface area contributed by atoms with Crippen LogP contribution in [0.5, 0.6) is 0 Å². The Kier molecular flexibility index (Phi) is 4.53. The van der Waals surface area contributed by atoms with Gasteiger partial charge in [-0.2, -0.15) is 0 Å². The summed E-state index contributed by atoms with van der Waals surface area (Å²) in [7, 11) is 1.83. The minimum absolute atomic E-state index is 0.115. The van der Waals surface area contributed by atoms with Crippen LogP contribution in [-0.4, -0.2) is 54.0 Å². The summed E-state index contributed by atoms with van der Waals surface area (Å²) in [5.74, 6) is -0.0357. The van der Waals surface area contributed by atoms with Gasteiger partial charge >= 0.3 is 0 Å². The Morgan fingerprint density at radius 1 is 1.35 bits per heavy atom. The number of nitrogens with zero attached hydrogens (tertiary/aromatic N) is 3. The minimum Gasteiger partial charge on any atom is -0.343 e. The van der Waals surface area contributed by atoms with Crippen molar-refractivity contribution in [2.24, 2.45) is 5.92 Å². The van der Waals surface area contributed by atoms with Crippen LogP contribution < -0.4 is 0 Å². The summed E-state index contributed by atoms with van der Waals surface area (Å²) < 4.78 is 0. The predicted molar refractivity (Wildman–Crippen MR) is 68.5 cm³/mol. The molecule has 96 valence electrons. The van der Waals surface area contributed by atoms with Gasteiger partial charge in [-0.1, -0.05) is 0 Å². The van der Waals surface area contributed by atoms with Crippen LogP contribution in [0.1, 0.15) is 27.7 Å². The van der Waals surface area contributed by atoms with Crippen LogP contribution in [0.4, 0.5) is 0 Å². The molecule has 2 atom stereocenters. The van der Waals surface area contributed by atoms with Crippen molar-refractivity contribution in [2.45, 2.75) is 45.8 Å². The van der Waals surface area contributed by atoms with Crippen LogP contribution in [0, 0.1) is 12.5 Å². The summed E-state index contributed by atoms with van der Waals surface area (Å²) >= 11 is 0. The molecular weight excluding hydrogens is 214 g/mol. The maximum atomic E-state index is 12.3. The Bertz CT molecular complexity index is 319. The molecule has 0 bridgehead atoms. The van der Waals surface area contributed by atoms with Crippen molar-refractivity contribution >= 4 is 5.91 Å². The second-order valence-corrected chi connectivity index (χ2v) is 5.39. The molecule has 1 saturated heterocycles. The number of likely N-dealkylation sites (tertiary alicyclic amines) is 1. The molecule has 0 aromatic heterocycles. The van der Waals surface area contributed by atoms with Gasteiger partial charge in [0.2, 0.25) is 11.9 Å². The molecule has 0 saturated carbocycles. The van der Waals surface area contributed by atoms with Gasteiger partial charge in [0.25, 0.3) is 0 Å². The highest BCUT2D eigenvalue weighted by molar-refractivity contribution is 5.80. The largest absolute Gasteiger partial charge is 0.343 e. The molecular formula is C13H23N3O. The van der Waals surface area contributed by atoms with Gasteiger partial charge in [0.1, 0.15) is 5.92 Å². The highest BCUT2D eigenvalue weighted by atomic mass is 16.2. The fourth-order valence-corrected chi connectivity index (χ4v) is 2.13. The van der Waals surface area contributed by atoms with Gasteiger partial charge in [0.15, 0.2) is 0 Å². The summed E-state index contributed by atoms with van der Waals surface area (Å²) in [5, 5.41) is 0. The monoisotopic (exact) mass is 237 g/mol. The average Bonchev–Trinajstić information content (AvgIpc) is 2.70. The normalized spacial score (nSPS) is 25.3. The molecule has 1 rings (SSSR count). The Hall–Kier alpha value is -1.08. The molecule has 0 aromatic carbocycles. The Balaban J connectivity index is 2.76. The van der Waals surface area contributed by atoms with Crippen molar-refractivity contribution in [1.82, 2.24) is 9.80 Å². The van der Waals surface area contributed by atoms with Gasteiger partial charge in [-0.15, -0.1) is 0 Å². The molecule has 1 aliphatic heterocycles. The second kappa shape index (κ2) is 5.50. The summed E-state index contributed by atoms with van der Waals surface area (Å²) in [6.45, 7) is 16.9. The molecule has 2 unspecified atom stereocenters. The van der Waals surface area contributed by atoms with Crippen LogP contribution in [0.25, 0.3) is 4.85 Å². The SMILES string of the molecule is [C-]#[N+]C1CN(C(C)C)CC1C(=O)N(C)C(C)C. The highest BCUT2D eigenvalue weighted by Gasteiger charge is 2.44. The molecule has 0 spiro atoms. The first kappa shape index (κ1) is 14.0. The summed E-state index contributed by atoms with van der Waals surface area (Å²) in [6.07, 6.45) is 0. The van der Waals surface area contributed by atoms with Crippen molar-refractivity contribution in [3.05, 3.63) is 11.4 Å². The fraction of sp³-hybridized carbons (Fsp3) is 0.846. The maximum absolute atomic E-state index is 12.3. The quantitative estimate of drug-likeness (QED) is 0.695. The molecule has 1 fully saturated rings. The molecule has 4 heteroatoms. The molecule has 4 nitrogen and oxygen atoms in total. The first-order valence-electron chi connectivity index (χ1n) is 6.25. The van der Waals surface area contributed by atoms with Crippen LogP contribution >= 0.6 is 0 Å². The van der Waals surface area contributed by atoms with Crippen molar-refractivity contribution in [3.8, 4) is 0 Å². The van der Waals surface area contributed by atoms with Crippen LogP contribution in [-0.2, 0) is 4.79 Å². The molecule has 0 aromatic rings. The number of hydrogen-bond donors (Lipinski definition) is 0. The average molecular weight is 237 g/mol. The van der Waals surface area contributed by atoms with E-state index in [9.17, 15) is 4.79 Å². The zero-order chi connectivity index (χ0) is 13.2.